The maximum Gasteiger partial charge on any atom is 0.175 e. The quantitative estimate of drug-likeness (QED) is 0.342. The summed E-state index contributed by atoms with van der Waals surface area (Å²) in [5.74, 6) is 0. The van der Waals surface area contributed by atoms with Crippen molar-refractivity contribution in [3.05, 3.63) is 88.1 Å². The van der Waals surface area contributed by atoms with Crippen LogP contribution in [0.2, 0.25) is 5.02 Å². The standard InChI is InChI=1S/C21H16BrClN4S/c22-16-8-9-20(19(23)10-16)26-21(28)25-17-11-24-27(13-17)12-15-6-3-5-14-4-1-2-7-18(14)15/h1-11,13H,12H2,(H2,25,26,28). The van der Waals surface area contributed by atoms with Gasteiger partial charge in [-0.25, -0.2) is 0 Å². The third-order valence-electron chi connectivity index (χ3n) is 4.28. The molecule has 0 saturated carbocycles. The molecule has 4 nitrogen and oxygen atoms in total. The van der Waals surface area contributed by atoms with E-state index in [2.05, 4.69) is 68.1 Å². The van der Waals surface area contributed by atoms with E-state index >= 15 is 0 Å². The molecule has 0 unspecified atom stereocenters. The Morgan fingerprint density at radius 1 is 1.07 bits per heavy atom. The molecule has 0 amide bonds. The molecule has 4 aromatic rings. The van der Waals surface area contributed by atoms with E-state index in [0.717, 1.165) is 15.8 Å². The van der Waals surface area contributed by atoms with Gasteiger partial charge in [0.15, 0.2) is 5.11 Å². The number of aromatic nitrogens is 2. The van der Waals surface area contributed by atoms with Crippen LogP contribution >= 0.6 is 39.7 Å². The Bertz CT molecular complexity index is 1150. The SMILES string of the molecule is S=C(Nc1cnn(Cc2cccc3ccccc23)c1)Nc1ccc(Br)cc1Cl. The summed E-state index contributed by atoms with van der Waals surface area (Å²) >= 11 is 15.0. The summed E-state index contributed by atoms with van der Waals surface area (Å²) in [6.45, 7) is 0.682. The zero-order chi connectivity index (χ0) is 19.5. The molecule has 4 rings (SSSR count). The smallest absolute Gasteiger partial charge is 0.175 e. The summed E-state index contributed by atoms with van der Waals surface area (Å²) in [5.41, 5.74) is 2.77. The molecule has 0 fully saturated rings. The summed E-state index contributed by atoms with van der Waals surface area (Å²) in [5, 5.41) is 14.2. The van der Waals surface area contributed by atoms with Crippen molar-refractivity contribution in [3.8, 4) is 0 Å². The highest BCUT2D eigenvalue weighted by Crippen LogP contribution is 2.26. The largest absolute Gasteiger partial charge is 0.331 e. The number of hydrogen-bond acceptors (Lipinski definition) is 2. The average Bonchev–Trinajstić information content (AvgIpc) is 3.11. The van der Waals surface area contributed by atoms with Gasteiger partial charge in [-0.15, -0.1) is 0 Å². The third-order valence-corrected chi connectivity index (χ3v) is 5.29. The molecule has 0 aliphatic carbocycles. The highest BCUT2D eigenvalue weighted by atomic mass is 79.9. The van der Waals surface area contributed by atoms with Crippen molar-refractivity contribution in [3.63, 3.8) is 0 Å². The first-order valence-corrected chi connectivity index (χ1v) is 10.2. The van der Waals surface area contributed by atoms with E-state index in [4.69, 9.17) is 23.8 Å². The summed E-state index contributed by atoms with van der Waals surface area (Å²) in [7, 11) is 0. The van der Waals surface area contributed by atoms with Gasteiger partial charge >= 0.3 is 0 Å². The molecule has 0 spiro atoms. The topological polar surface area (TPSA) is 41.9 Å². The van der Waals surface area contributed by atoms with Crippen LogP contribution in [0, 0.1) is 0 Å². The fourth-order valence-electron chi connectivity index (χ4n) is 2.99. The minimum Gasteiger partial charge on any atom is -0.331 e. The lowest BCUT2D eigenvalue weighted by Crippen LogP contribution is -2.19. The molecule has 140 valence electrons. The van der Waals surface area contributed by atoms with Gasteiger partial charge in [-0.2, -0.15) is 5.10 Å². The first-order chi connectivity index (χ1) is 13.6. The normalized spacial score (nSPS) is 10.8. The minimum atomic E-state index is 0.453. The number of rotatable bonds is 4. The van der Waals surface area contributed by atoms with Crippen molar-refractivity contribution in [1.29, 1.82) is 0 Å². The Hall–Kier alpha value is -2.41. The van der Waals surface area contributed by atoms with Crippen molar-refractivity contribution >= 4 is 67.0 Å². The molecule has 0 aliphatic rings. The molecular weight excluding hydrogens is 456 g/mol. The molecule has 0 aliphatic heterocycles. The van der Waals surface area contributed by atoms with E-state index in [9.17, 15) is 0 Å². The first-order valence-electron chi connectivity index (χ1n) is 8.61. The molecule has 3 aromatic carbocycles. The predicted molar refractivity (Wildman–Crippen MR) is 124 cm³/mol. The van der Waals surface area contributed by atoms with Gasteiger partial charge in [-0.05, 0) is 46.8 Å². The Balaban J connectivity index is 1.45. The molecule has 0 bridgehead atoms. The van der Waals surface area contributed by atoms with E-state index in [1.807, 2.05) is 35.1 Å². The predicted octanol–water partition coefficient (Wildman–Crippen LogP) is 6.31. The van der Waals surface area contributed by atoms with Crippen LogP contribution in [0.25, 0.3) is 10.8 Å². The highest BCUT2D eigenvalue weighted by Gasteiger charge is 2.07. The molecule has 28 heavy (non-hydrogen) atoms. The van der Waals surface area contributed by atoms with Crippen molar-refractivity contribution in [2.24, 2.45) is 0 Å². The summed E-state index contributed by atoms with van der Waals surface area (Å²) in [6, 6.07) is 20.2. The number of fused-ring (bicyclic) bond motifs is 1. The van der Waals surface area contributed by atoms with Gasteiger partial charge < -0.3 is 10.6 Å². The number of benzene rings is 3. The maximum atomic E-state index is 6.22. The van der Waals surface area contributed by atoms with Crippen molar-refractivity contribution < 1.29 is 0 Å². The van der Waals surface area contributed by atoms with Crippen LogP contribution in [0.4, 0.5) is 11.4 Å². The van der Waals surface area contributed by atoms with Crippen LogP contribution < -0.4 is 10.6 Å². The Labute approximate surface area is 181 Å². The summed E-state index contributed by atoms with van der Waals surface area (Å²) in [6.07, 6.45) is 3.68. The van der Waals surface area contributed by atoms with Gasteiger partial charge in [0.25, 0.3) is 0 Å². The second kappa shape index (κ2) is 8.31. The molecular formula is C21H16BrClN4S. The first kappa shape index (κ1) is 18.9. The molecule has 0 saturated heterocycles. The van der Waals surface area contributed by atoms with Crippen molar-refractivity contribution in [2.45, 2.75) is 6.54 Å². The van der Waals surface area contributed by atoms with Crippen molar-refractivity contribution in [1.82, 2.24) is 9.78 Å². The minimum absolute atomic E-state index is 0.453. The Kier molecular flexibility index (Phi) is 5.62. The zero-order valence-electron chi connectivity index (χ0n) is 14.7. The van der Waals surface area contributed by atoms with Crippen LogP contribution in [0.5, 0.6) is 0 Å². The third kappa shape index (κ3) is 4.35. The lowest BCUT2D eigenvalue weighted by molar-refractivity contribution is 0.690. The van der Waals surface area contributed by atoms with Gasteiger partial charge in [0.1, 0.15) is 0 Å². The van der Waals surface area contributed by atoms with E-state index in [-0.39, 0.29) is 0 Å². The Morgan fingerprint density at radius 3 is 2.75 bits per heavy atom. The van der Waals surface area contributed by atoms with Crippen LogP contribution in [-0.2, 0) is 6.54 Å². The number of thiocarbonyl (C=S) groups is 1. The van der Waals surface area contributed by atoms with Gasteiger partial charge in [0, 0.05) is 10.7 Å². The second-order valence-electron chi connectivity index (χ2n) is 6.27. The maximum absolute atomic E-state index is 6.22. The number of nitrogens with zero attached hydrogens (tertiary/aromatic N) is 2. The van der Waals surface area contributed by atoms with Crippen LogP contribution in [-0.4, -0.2) is 14.9 Å². The fourth-order valence-corrected chi connectivity index (χ4v) is 3.94. The van der Waals surface area contributed by atoms with Crippen LogP contribution in [0.1, 0.15) is 5.56 Å². The number of hydrogen-bond donors (Lipinski definition) is 2. The monoisotopic (exact) mass is 470 g/mol. The number of anilines is 2. The fraction of sp³-hybridized carbons (Fsp3) is 0.0476. The van der Waals surface area contributed by atoms with E-state index in [1.54, 1.807) is 6.20 Å². The highest BCUT2D eigenvalue weighted by molar-refractivity contribution is 9.10. The molecule has 2 N–H and O–H groups in total. The molecule has 0 atom stereocenters. The van der Waals surface area contributed by atoms with Gasteiger partial charge in [0.05, 0.1) is 29.1 Å². The van der Waals surface area contributed by atoms with E-state index < -0.39 is 0 Å². The van der Waals surface area contributed by atoms with Gasteiger partial charge in [-0.3, -0.25) is 4.68 Å². The molecule has 1 heterocycles. The molecule has 7 heteroatoms. The zero-order valence-corrected chi connectivity index (χ0v) is 17.9. The van der Waals surface area contributed by atoms with Gasteiger partial charge in [-0.1, -0.05) is 70.0 Å². The van der Waals surface area contributed by atoms with E-state index in [0.29, 0.717) is 16.7 Å². The average molecular weight is 472 g/mol. The van der Waals surface area contributed by atoms with Crippen LogP contribution in [0.3, 0.4) is 0 Å². The molecule has 0 radical (unpaired) electrons. The summed E-state index contributed by atoms with van der Waals surface area (Å²) in [4.78, 5) is 0. The summed E-state index contributed by atoms with van der Waals surface area (Å²) < 4.78 is 2.80. The number of nitrogens with one attached hydrogen (secondary N) is 2. The van der Waals surface area contributed by atoms with Crippen molar-refractivity contribution in [2.75, 3.05) is 10.6 Å². The molecule has 1 aromatic heterocycles. The van der Waals surface area contributed by atoms with Gasteiger partial charge in [0.2, 0.25) is 0 Å². The van der Waals surface area contributed by atoms with E-state index in [1.165, 1.54) is 16.3 Å². The second-order valence-corrected chi connectivity index (χ2v) is 8.00. The lowest BCUT2D eigenvalue weighted by atomic mass is 10.0. The number of halogens is 2. The lowest BCUT2D eigenvalue weighted by Gasteiger charge is -2.10. The Morgan fingerprint density at radius 2 is 1.89 bits per heavy atom. The van der Waals surface area contributed by atoms with Crippen LogP contribution in [0.15, 0.2) is 77.5 Å².